The molecule has 1 aliphatic heterocycles. The molecule has 2 N–H and O–H groups in total. The van der Waals surface area contributed by atoms with Crippen LogP contribution >= 0.6 is 0 Å². The number of urea groups is 1. The summed E-state index contributed by atoms with van der Waals surface area (Å²) in [5.74, 6) is 1.37. The summed E-state index contributed by atoms with van der Waals surface area (Å²) < 4.78 is 5.12. The van der Waals surface area contributed by atoms with E-state index in [-0.39, 0.29) is 11.6 Å². The average molecular weight is 279 g/mol. The Hall–Kier alpha value is -1.63. The van der Waals surface area contributed by atoms with Gasteiger partial charge in [-0.15, -0.1) is 0 Å². The van der Waals surface area contributed by atoms with Gasteiger partial charge in [-0.25, -0.2) is 4.79 Å². The van der Waals surface area contributed by atoms with E-state index in [1.54, 1.807) is 0 Å². The molecule has 1 aromatic rings. The molecule has 3 rings (SSSR count). The number of nitrogens with zero attached hydrogens (tertiary/aromatic N) is 3. The SMILES string of the molecule is Cc1nc(C2(NCCN3CCNC3=O)CCCC2)no1. The molecule has 0 unspecified atom stereocenters. The van der Waals surface area contributed by atoms with Crippen LogP contribution in [0.4, 0.5) is 4.79 Å². The fraction of sp³-hybridized carbons (Fsp3) is 0.769. The van der Waals surface area contributed by atoms with Crippen LogP contribution in [0.5, 0.6) is 0 Å². The molecule has 0 bridgehead atoms. The number of amides is 2. The van der Waals surface area contributed by atoms with E-state index < -0.39 is 0 Å². The first kappa shape index (κ1) is 13.4. The third-order valence-electron chi connectivity index (χ3n) is 4.20. The highest BCUT2D eigenvalue weighted by Crippen LogP contribution is 2.37. The summed E-state index contributed by atoms with van der Waals surface area (Å²) in [6.45, 7) is 4.81. The zero-order valence-electron chi connectivity index (χ0n) is 11.8. The lowest BCUT2D eigenvalue weighted by molar-refractivity contribution is 0.213. The Balaban J connectivity index is 1.61. The molecule has 0 aromatic carbocycles. The van der Waals surface area contributed by atoms with Crippen LogP contribution in [0.3, 0.4) is 0 Å². The van der Waals surface area contributed by atoms with Crippen molar-refractivity contribution in [3.8, 4) is 0 Å². The topological polar surface area (TPSA) is 83.3 Å². The van der Waals surface area contributed by atoms with Crippen molar-refractivity contribution in [3.05, 3.63) is 11.7 Å². The Morgan fingerprint density at radius 2 is 2.25 bits per heavy atom. The maximum atomic E-state index is 11.5. The third-order valence-corrected chi connectivity index (χ3v) is 4.20. The first-order valence-electron chi connectivity index (χ1n) is 7.28. The Morgan fingerprint density at radius 1 is 1.45 bits per heavy atom. The Bertz CT molecular complexity index is 481. The molecule has 1 saturated carbocycles. The first-order valence-corrected chi connectivity index (χ1v) is 7.28. The summed E-state index contributed by atoms with van der Waals surface area (Å²) in [4.78, 5) is 17.7. The molecule has 2 fully saturated rings. The van der Waals surface area contributed by atoms with Gasteiger partial charge in [0.25, 0.3) is 0 Å². The lowest BCUT2D eigenvalue weighted by Crippen LogP contribution is -2.45. The number of carbonyl (C=O) groups excluding carboxylic acids is 1. The van der Waals surface area contributed by atoms with Gasteiger partial charge in [0.1, 0.15) is 0 Å². The molecule has 1 aromatic heterocycles. The van der Waals surface area contributed by atoms with Gasteiger partial charge in [0.15, 0.2) is 5.82 Å². The van der Waals surface area contributed by atoms with Crippen molar-refractivity contribution in [3.63, 3.8) is 0 Å². The second kappa shape index (κ2) is 5.40. The van der Waals surface area contributed by atoms with Gasteiger partial charge in [-0.05, 0) is 12.8 Å². The highest BCUT2D eigenvalue weighted by atomic mass is 16.5. The van der Waals surface area contributed by atoms with E-state index in [1.165, 1.54) is 12.8 Å². The zero-order valence-corrected chi connectivity index (χ0v) is 11.8. The molecule has 110 valence electrons. The lowest BCUT2D eigenvalue weighted by Gasteiger charge is -2.28. The predicted molar refractivity (Wildman–Crippen MR) is 72.2 cm³/mol. The average Bonchev–Trinajstić information content (AvgIpc) is 3.13. The highest BCUT2D eigenvalue weighted by Gasteiger charge is 2.39. The number of nitrogens with one attached hydrogen (secondary N) is 2. The van der Waals surface area contributed by atoms with Crippen LogP contribution in [0.15, 0.2) is 4.52 Å². The van der Waals surface area contributed by atoms with Gasteiger partial charge < -0.3 is 20.1 Å². The number of hydrogen-bond acceptors (Lipinski definition) is 5. The minimum Gasteiger partial charge on any atom is -0.340 e. The molecule has 20 heavy (non-hydrogen) atoms. The van der Waals surface area contributed by atoms with E-state index >= 15 is 0 Å². The van der Waals surface area contributed by atoms with Crippen LogP contribution in [0.1, 0.15) is 37.4 Å². The fourth-order valence-electron chi connectivity index (χ4n) is 3.11. The molecule has 7 nitrogen and oxygen atoms in total. The summed E-state index contributed by atoms with van der Waals surface area (Å²) in [5.41, 5.74) is -0.173. The monoisotopic (exact) mass is 279 g/mol. The van der Waals surface area contributed by atoms with Crippen LogP contribution in [-0.4, -0.2) is 47.3 Å². The number of aromatic nitrogens is 2. The highest BCUT2D eigenvalue weighted by molar-refractivity contribution is 5.76. The second-order valence-electron chi connectivity index (χ2n) is 5.57. The molecule has 2 heterocycles. The van der Waals surface area contributed by atoms with Crippen molar-refractivity contribution >= 4 is 6.03 Å². The summed E-state index contributed by atoms with van der Waals surface area (Å²) >= 11 is 0. The Labute approximate surface area is 118 Å². The van der Waals surface area contributed by atoms with Crippen molar-refractivity contribution < 1.29 is 9.32 Å². The largest absolute Gasteiger partial charge is 0.340 e. The number of aryl methyl sites for hydroxylation is 1. The van der Waals surface area contributed by atoms with Gasteiger partial charge in [0.2, 0.25) is 5.89 Å². The molecule has 2 aliphatic rings. The Kier molecular flexibility index (Phi) is 3.60. The summed E-state index contributed by atoms with van der Waals surface area (Å²) in [6, 6.07) is 0.0303. The third kappa shape index (κ3) is 2.49. The normalized spacial score (nSPS) is 21.4. The first-order chi connectivity index (χ1) is 9.70. The maximum Gasteiger partial charge on any atom is 0.317 e. The van der Waals surface area contributed by atoms with Crippen LogP contribution in [-0.2, 0) is 5.54 Å². The minimum atomic E-state index is -0.173. The van der Waals surface area contributed by atoms with E-state index in [0.29, 0.717) is 12.4 Å². The summed E-state index contributed by atoms with van der Waals surface area (Å²) in [5, 5.41) is 10.5. The van der Waals surface area contributed by atoms with Crippen LogP contribution in [0.2, 0.25) is 0 Å². The number of rotatable bonds is 5. The molecular weight excluding hydrogens is 258 g/mol. The van der Waals surface area contributed by atoms with E-state index in [1.807, 2.05) is 11.8 Å². The molecule has 2 amide bonds. The van der Waals surface area contributed by atoms with Crippen molar-refractivity contribution in [2.45, 2.75) is 38.1 Å². The van der Waals surface area contributed by atoms with Crippen LogP contribution in [0, 0.1) is 6.92 Å². The predicted octanol–water partition coefficient (Wildman–Crippen LogP) is 0.762. The summed E-state index contributed by atoms with van der Waals surface area (Å²) in [6.07, 6.45) is 4.39. The lowest BCUT2D eigenvalue weighted by atomic mass is 9.96. The van der Waals surface area contributed by atoms with Crippen molar-refractivity contribution in [2.75, 3.05) is 26.2 Å². The fourth-order valence-corrected chi connectivity index (χ4v) is 3.11. The van der Waals surface area contributed by atoms with Crippen molar-refractivity contribution in [2.24, 2.45) is 0 Å². The van der Waals surface area contributed by atoms with E-state index in [0.717, 1.165) is 38.3 Å². The van der Waals surface area contributed by atoms with Crippen LogP contribution in [0.25, 0.3) is 0 Å². The maximum absolute atomic E-state index is 11.5. The smallest absolute Gasteiger partial charge is 0.317 e. The van der Waals surface area contributed by atoms with Gasteiger partial charge in [-0.3, -0.25) is 0 Å². The molecular formula is C13H21N5O2. The quantitative estimate of drug-likeness (QED) is 0.831. The van der Waals surface area contributed by atoms with Gasteiger partial charge in [0, 0.05) is 33.1 Å². The zero-order chi connectivity index (χ0) is 14.0. The molecule has 1 aliphatic carbocycles. The number of hydrogen-bond donors (Lipinski definition) is 2. The van der Waals surface area contributed by atoms with Gasteiger partial charge >= 0.3 is 6.03 Å². The van der Waals surface area contributed by atoms with Crippen molar-refractivity contribution in [1.29, 1.82) is 0 Å². The molecule has 0 spiro atoms. The van der Waals surface area contributed by atoms with E-state index in [9.17, 15) is 4.79 Å². The minimum absolute atomic E-state index is 0.0303. The molecule has 7 heteroatoms. The number of carbonyl (C=O) groups is 1. The molecule has 1 saturated heterocycles. The van der Waals surface area contributed by atoms with Gasteiger partial charge in [0.05, 0.1) is 5.54 Å². The van der Waals surface area contributed by atoms with Crippen molar-refractivity contribution in [1.82, 2.24) is 25.7 Å². The summed E-state index contributed by atoms with van der Waals surface area (Å²) in [7, 11) is 0. The Morgan fingerprint density at radius 3 is 2.85 bits per heavy atom. The molecule has 0 atom stereocenters. The molecule has 0 radical (unpaired) electrons. The van der Waals surface area contributed by atoms with E-state index in [4.69, 9.17) is 4.52 Å². The van der Waals surface area contributed by atoms with E-state index in [2.05, 4.69) is 20.8 Å². The van der Waals surface area contributed by atoms with Gasteiger partial charge in [-0.2, -0.15) is 4.98 Å². The second-order valence-corrected chi connectivity index (χ2v) is 5.57. The van der Waals surface area contributed by atoms with Gasteiger partial charge in [-0.1, -0.05) is 18.0 Å². The van der Waals surface area contributed by atoms with Crippen LogP contribution < -0.4 is 10.6 Å². The standard InChI is InChI=1S/C13H21N5O2/c1-10-16-11(17-20-10)13(4-2-3-5-13)15-7-9-18-8-6-14-12(18)19/h15H,2-9H2,1H3,(H,14,19).